The Morgan fingerprint density at radius 3 is 3.00 bits per heavy atom. The van der Waals surface area contributed by atoms with Gasteiger partial charge in [-0.25, -0.2) is 0 Å². The summed E-state index contributed by atoms with van der Waals surface area (Å²) in [5, 5.41) is 7.55. The molecule has 0 bridgehead atoms. The molecular weight excluding hydrogens is 240 g/mol. The molecule has 2 unspecified atom stereocenters. The van der Waals surface area contributed by atoms with E-state index >= 15 is 0 Å². The van der Waals surface area contributed by atoms with Gasteiger partial charge in [0.1, 0.15) is 17.5 Å². The molecule has 1 aliphatic rings. The van der Waals surface area contributed by atoms with Crippen molar-refractivity contribution in [2.24, 2.45) is 7.05 Å². The van der Waals surface area contributed by atoms with Crippen LogP contribution in [0.3, 0.4) is 0 Å². The van der Waals surface area contributed by atoms with Crippen LogP contribution in [0.5, 0.6) is 0 Å². The summed E-state index contributed by atoms with van der Waals surface area (Å²) in [6.07, 6.45) is 3.74. The van der Waals surface area contributed by atoms with Gasteiger partial charge < -0.3 is 9.47 Å². The lowest BCUT2D eigenvalue weighted by atomic mass is 9.97. The third-order valence-electron chi connectivity index (χ3n) is 3.18. The Labute approximate surface area is 106 Å². The average molecular weight is 257 g/mol. The van der Waals surface area contributed by atoms with Crippen molar-refractivity contribution in [1.29, 1.82) is 0 Å². The maximum atomic E-state index is 11.8. The molecule has 1 saturated heterocycles. The number of alkyl halides is 1. The van der Waals surface area contributed by atoms with Gasteiger partial charge in [-0.2, -0.15) is 0 Å². The molecular formula is C11H17ClN4O. The number of piperidine rings is 1. The SMILES string of the molecule is CC(Cl)C(=O)N1CCCC(c2nncn2C)C1. The second-order valence-electron chi connectivity index (χ2n) is 4.54. The monoisotopic (exact) mass is 256 g/mol. The van der Waals surface area contributed by atoms with Crippen molar-refractivity contribution in [3.8, 4) is 0 Å². The zero-order valence-electron chi connectivity index (χ0n) is 10.1. The lowest BCUT2D eigenvalue weighted by Crippen LogP contribution is -2.42. The van der Waals surface area contributed by atoms with Gasteiger partial charge in [0.25, 0.3) is 0 Å². The number of hydrogen-bond donors (Lipinski definition) is 0. The van der Waals surface area contributed by atoms with E-state index in [1.165, 1.54) is 0 Å². The fraction of sp³-hybridized carbons (Fsp3) is 0.727. The number of aromatic nitrogens is 3. The largest absolute Gasteiger partial charge is 0.341 e. The van der Waals surface area contributed by atoms with E-state index in [0.717, 1.165) is 25.2 Å². The summed E-state index contributed by atoms with van der Waals surface area (Å²) < 4.78 is 1.92. The molecule has 2 atom stereocenters. The lowest BCUT2D eigenvalue weighted by Gasteiger charge is -2.32. The molecule has 94 valence electrons. The van der Waals surface area contributed by atoms with E-state index in [1.54, 1.807) is 13.3 Å². The first-order valence-corrected chi connectivity index (χ1v) is 6.30. The smallest absolute Gasteiger partial charge is 0.240 e. The van der Waals surface area contributed by atoms with E-state index in [9.17, 15) is 4.79 Å². The molecule has 0 saturated carbocycles. The summed E-state index contributed by atoms with van der Waals surface area (Å²) in [6, 6.07) is 0. The molecule has 1 aromatic heterocycles. The normalized spacial score (nSPS) is 22.5. The van der Waals surface area contributed by atoms with Gasteiger partial charge in [-0.3, -0.25) is 4.79 Å². The van der Waals surface area contributed by atoms with Crippen LogP contribution >= 0.6 is 11.6 Å². The number of rotatable bonds is 2. The van der Waals surface area contributed by atoms with Crippen LogP contribution < -0.4 is 0 Å². The summed E-state index contributed by atoms with van der Waals surface area (Å²) in [4.78, 5) is 13.7. The summed E-state index contributed by atoms with van der Waals surface area (Å²) in [5.74, 6) is 1.24. The molecule has 1 amide bonds. The molecule has 1 fully saturated rings. The van der Waals surface area contributed by atoms with E-state index in [1.807, 2.05) is 16.5 Å². The summed E-state index contributed by atoms with van der Waals surface area (Å²) in [6.45, 7) is 3.21. The van der Waals surface area contributed by atoms with Gasteiger partial charge in [0.15, 0.2) is 0 Å². The number of hydrogen-bond acceptors (Lipinski definition) is 3. The van der Waals surface area contributed by atoms with E-state index in [4.69, 9.17) is 11.6 Å². The van der Waals surface area contributed by atoms with Crippen LogP contribution in [0.1, 0.15) is 31.5 Å². The number of likely N-dealkylation sites (tertiary alicyclic amines) is 1. The molecule has 5 nitrogen and oxygen atoms in total. The molecule has 2 rings (SSSR count). The van der Waals surface area contributed by atoms with Crippen LogP contribution in [0.25, 0.3) is 0 Å². The van der Waals surface area contributed by atoms with Crippen LogP contribution in [0.15, 0.2) is 6.33 Å². The highest BCUT2D eigenvalue weighted by molar-refractivity contribution is 6.30. The Bertz CT molecular complexity index is 404. The van der Waals surface area contributed by atoms with Crippen LogP contribution in [-0.4, -0.2) is 44.0 Å². The molecule has 2 heterocycles. The van der Waals surface area contributed by atoms with Gasteiger partial charge >= 0.3 is 0 Å². The minimum absolute atomic E-state index is 0.0125. The first-order chi connectivity index (χ1) is 8.09. The van der Waals surface area contributed by atoms with Crippen molar-refractivity contribution in [2.75, 3.05) is 13.1 Å². The van der Waals surface area contributed by atoms with Gasteiger partial charge in [0.2, 0.25) is 5.91 Å². The molecule has 0 radical (unpaired) electrons. The summed E-state index contributed by atoms with van der Waals surface area (Å²) >= 11 is 5.84. The molecule has 0 N–H and O–H groups in total. The quantitative estimate of drug-likeness (QED) is 0.746. The van der Waals surface area contributed by atoms with Crippen molar-refractivity contribution in [1.82, 2.24) is 19.7 Å². The fourth-order valence-corrected chi connectivity index (χ4v) is 2.44. The molecule has 0 spiro atoms. The molecule has 17 heavy (non-hydrogen) atoms. The Balaban J connectivity index is 2.08. The Kier molecular flexibility index (Phi) is 3.66. The molecule has 1 aromatic rings. The number of carbonyl (C=O) groups is 1. The topological polar surface area (TPSA) is 51.0 Å². The second kappa shape index (κ2) is 5.04. The van der Waals surface area contributed by atoms with E-state index in [-0.39, 0.29) is 11.8 Å². The first-order valence-electron chi connectivity index (χ1n) is 5.86. The van der Waals surface area contributed by atoms with Crippen molar-refractivity contribution in [2.45, 2.75) is 31.1 Å². The Hall–Kier alpha value is -1.10. The van der Waals surface area contributed by atoms with Gasteiger partial charge in [-0.1, -0.05) is 0 Å². The van der Waals surface area contributed by atoms with Crippen molar-refractivity contribution >= 4 is 17.5 Å². The van der Waals surface area contributed by atoms with Crippen molar-refractivity contribution < 1.29 is 4.79 Å². The maximum absolute atomic E-state index is 11.8. The lowest BCUT2D eigenvalue weighted by molar-refractivity contribution is -0.131. The van der Waals surface area contributed by atoms with Crippen molar-refractivity contribution in [3.63, 3.8) is 0 Å². The first kappa shape index (κ1) is 12.4. The molecule has 0 aliphatic carbocycles. The summed E-state index contributed by atoms with van der Waals surface area (Å²) in [5.41, 5.74) is 0. The Morgan fingerprint density at radius 2 is 2.41 bits per heavy atom. The average Bonchev–Trinajstić information content (AvgIpc) is 2.74. The summed E-state index contributed by atoms with van der Waals surface area (Å²) in [7, 11) is 1.93. The maximum Gasteiger partial charge on any atom is 0.240 e. The standard InChI is InChI=1S/C11H17ClN4O/c1-8(12)11(17)16-5-3-4-9(6-16)10-14-13-7-15(10)2/h7-9H,3-6H2,1-2H3. The highest BCUT2D eigenvalue weighted by atomic mass is 35.5. The number of nitrogens with zero attached hydrogens (tertiary/aromatic N) is 4. The van der Waals surface area contributed by atoms with Crippen LogP contribution in [0.4, 0.5) is 0 Å². The molecule has 1 aliphatic heterocycles. The van der Waals surface area contributed by atoms with Gasteiger partial charge in [-0.15, -0.1) is 21.8 Å². The van der Waals surface area contributed by atoms with Crippen molar-refractivity contribution in [3.05, 3.63) is 12.2 Å². The fourth-order valence-electron chi connectivity index (χ4n) is 2.30. The zero-order chi connectivity index (χ0) is 12.4. The zero-order valence-corrected chi connectivity index (χ0v) is 10.9. The number of halogens is 1. The number of amides is 1. The van der Waals surface area contributed by atoms with E-state index in [2.05, 4.69) is 10.2 Å². The minimum Gasteiger partial charge on any atom is -0.341 e. The van der Waals surface area contributed by atoms with Crippen LogP contribution in [-0.2, 0) is 11.8 Å². The highest BCUT2D eigenvalue weighted by Gasteiger charge is 2.28. The Morgan fingerprint density at radius 1 is 1.65 bits per heavy atom. The third kappa shape index (κ3) is 2.60. The van der Waals surface area contributed by atoms with Crippen LogP contribution in [0, 0.1) is 0 Å². The second-order valence-corrected chi connectivity index (χ2v) is 5.19. The predicted molar refractivity (Wildman–Crippen MR) is 64.9 cm³/mol. The van der Waals surface area contributed by atoms with Gasteiger partial charge in [-0.05, 0) is 19.8 Å². The van der Waals surface area contributed by atoms with E-state index < -0.39 is 5.38 Å². The van der Waals surface area contributed by atoms with Crippen LogP contribution in [0.2, 0.25) is 0 Å². The third-order valence-corrected chi connectivity index (χ3v) is 3.37. The minimum atomic E-state index is -0.451. The molecule has 0 aromatic carbocycles. The molecule has 6 heteroatoms. The highest BCUT2D eigenvalue weighted by Crippen LogP contribution is 2.25. The predicted octanol–water partition coefficient (Wildman–Crippen LogP) is 1.15. The number of aryl methyl sites for hydroxylation is 1. The van der Waals surface area contributed by atoms with E-state index in [0.29, 0.717) is 6.54 Å². The van der Waals surface area contributed by atoms with Gasteiger partial charge in [0.05, 0.1) is 0 Å². The number of carbonyl (C=O) groups excluding carboxylic acids is 1. The van der Waals surface area contributed by atoms with Gasteiger partial charge in [0, 0.05) is 26.1 Å².